The molecule has 1 aromatic rings. The van der Waals surface area contributed by atoms with Gasteiger partial charge in [-0.15, -0.1) is 12.6 Å². The van der Waals surface area contributed by atoms with Crippen molar-refractivity contribution in [1.29, 1.82) is 5.26 Å². The average molecular weight is 286 g/mol. The molecule has 78 valence electrons. The number of ether oxygens (including phenoxy) is 1. The lowest BCUT2D eigenvalue weighted by Gasteiger charge is -2.06. The molecule has 0 bridgehead atoms. The number of hydrogen-bond donors (Lipinski definition) is 1. The van der Waals surface area contributed by atoms with Crippen LogP contribution in [0.15, 0.2) is 21.5 Å². The highest BCUT2D eigenvalue weighted by Crippen LogP contribution is 2.24. The highest BCUT2D eigenvalue weighted by atomic mass is 79.9. The highest BCUT2D eigenvalue weighted by Gasteiger charge is 2.13. The molecular weight excluding hydrogens is 278 g/mol. The van der Waals surface area contributed by atoms with Gasteiger partial charge >= 0.3 is 5.97 Å². The lowest BCUT2D eigenvalue weighted by atomic mass is 10.1. The first-order chi connectivity index (χ1) is 7.10. The molecule has 0 atom stereocenters. The zero-order valence-electron chi connectivity index (χ0n) is 7.95. The van der Waals surface area contributed by atoms with Crippen LogP contribution in [0.3, 0.4) is 0 Å². The van der Waals surface area contributed by atoms with Crippen LogP contribution in [0.4, 0.5) is 0 Å². The summed E-state index contributed by atoms with van der Waals surface area (Å²) in [6.07, 6.45) is 0. The molecular formula is C10H8BrNO2S. The molecule has 0 radical (unpaired) electrons. The van der Waals surface area contributed by atoms with Crippen molar-refractivity contribution < 1.29 is 9.53 Å². The number of halogens is 1. The third kappa shape index (κ3) is 2.74. The highest BCUT2D eigenvalue weighted by molar-refractivity contribution is 9.10. The van der Waals surface area contributed by atoms with E-state index in [1.54, 1.807) is 13.0 Å². The Morgan fingerprint density at radius 3 is 2.87 bits per heavy atom. The van der Waals surface area contributed by atoms with Gasteiger partial charge in [-0.25, -0.2) is 4.79 Å². The molecule has 3 nitrogen and oxygen atoms in total. The average Bonchev–Trinajstić information content (AvgIpc) is 2.18. The summed E-state index contributed by atoms with van der Waals surface area (Å²) < 4.78 is 5.45. The van der Waals surface area contributed by atoms with Gasteiger partial charge in [-0.2, -0.15) is 5.26 Å². The van der Waals surface area contributed by atoms with E-state index in [9.17, 15) is 4.79 Å². The Kier molecular flexibility index (Phi) is 4.18. The van der Waals surface area contributed by atoms with Crippen LogP contribution >= 0.6 is 28.6 Å². The number of hydrogen-bond acceptors (Lipinski definition) is 4. The number of carbonyl (C=O) groups excluding carboxylic acids is 1. The van der Waals surface area contributed by atoms with Crippen LogP contribution < -0.4 is 0 Å². The minimum atomic E-state index is -0.466. The second-order valence-electron chi connectivity index (χ2n) is 2.68. The molecule has 0 spiro atoms. The number of carbonyl (C=O) groups is 1. The van der Waals surface area contributed by atoms with Crippen LogP contribution in [0.5, 0.6) is 0 Å². The minimum absolute atomic E-state index is 0.296. The van der Waals surface area contributed by atoms with Crippen LogP contribution in [-0.2, 0) is 4.74 Å². The fourth-order valence-corrected chi connectivity index (χ4v) is 1.91. The molecule has 5 heteroatoms. The molecule has 0 amide bonds. The van der Waals surface area contributed by atoms with E-state index >= 15 is 0 Å². The Bertz CT molecular complexity index is 440. The van der Waals surface area contributed by atoms with Gasteiger partial charge in [-0.05, 0) is 35.0 Å². The summed E-state index contributed by atoms with van der Waals surface area (Å²) in [4.78, 5) is 11.9. The van der Waals surface area contributed by atoms with Crippen molar-refractivity contribution in [3.63, 3.8) is 0 Å². The maximum atomic E-state index is 11.4. The zero-order valence-corrected chi connectivity index (χ0v) is 10.4. The van der Waals surface area contributed by atoms with Crippen molar-refractivity contribution in [2.24, 2.45) is 0 Å². The molecule has 1 aromatic carbocycles. The summed E-state index contributed by atoms with van der Waals surface area (Å²) in [5.74, 6) is -0.466. The topological polar surface area (TPSA) is 50.1 Å². The van der Waals surface area contributed by atoms with E-state index in [2.05, 4.69) is 28.6 Å². The largest absolute Gasteiger partial charge is 0.462 e. The quantitative estimate of drug-likeness (QED) is 0.672. The Balaban J connectivity index is 3.20. The number of esters is 1. The minimum Gasteiger partial charge on any atom is -0.462 e. The van der Waals surface area contributed by atoms with Crippen LogP contribution in [0, 0.1) is 11.3 Å². The van der Waals surface area contributed by atoms with Crippen LogP contribution in [0.2, 0.25) is 0 Å². The summed E-state index contributed by atoms with van der Waals surface area (Å²) in [6.45, 7) is 2.02. The zero-order chi connectivity index (χ0) is 11.4. The number of rotatable bonds is 2. The molecule has 0 aliphatic rings. The predicted octanol–water partition coefficient (Wildman–Crippen LogP) is 2.79. The molecule has 0 N–H and O–H groups in total. The molecule has 1 rings (SSSR count). The lowest BCUT2D eigenvalue weighted by Crippen LogP contribution is -2.06. The number of nitrogens with zero attached hydrogens (tertiary/aromatic N) is 1. The number of nitriles is 1. The van der Waals surface area contributed by atoms with Gasteiger partial charge in [0.25, 0.3) is 0 Å². The van der Waals surface area contributed by atoms with Crippen LogP contribution in [0.25, 0.3) is 0 Å². The summed E-state index contributed by atoms with van der Waals surface area (Å²) >= 11 is 7.35. The van der Waals surface area contributed by atoms with E-state index in [4.69, 9.17) is 10.00 Å². The molecule has 0 aliphatic carbocycles. The maximum Gasteiger partial charge on any atom is 0.339 e. The fraction of sp³-hybridized carbons (Fsp3) is 0.200. The normalized spacial score (nSPS) is 9.47. The Hall–Kier alpha value is -0.990. The van der Waals surface area contributed by atoms with Crippen molar-refractivity contribution in [3.8, 4) is 6.07 Å². The van der Waals surface area contributed by atoms with Crippen LogP contribution in [0.1, 0.15) is 22.8 Å². The Labute approximate surface area is 102 Å². The number of benzene rings is 1. The standard InChI is InChI=1S/C10H8BrNO2S/c1-2-14-10(13)7-3-6(5-12)8(11)4-9(7)15/h3-4,15H,2H2,1H3. The van der Waals surface area contributed by atoms with E-state index in [-0.39, 0.29) is 0 Å². The second kappa shape index (κ2) is 5.19. The summed E-state index contributed by atoms with van der Waals surface area (Å²) in [7, 11) is 0. The Morgan fingerprint density at radius 2 is 2.33 bits per heavy atom. The van der Waals surface area contributed by atoms with Gasteiger partial charge in [-0.3, -0.25) is 0 Å². The monoisotopic (exact) mass is 285 g/mol. The number of thiol groups is 1. The first-order valence-corrected chi connectivity index (χ1v) is 5.44. The molecule has 0 heterocycles. The summed E-state index contributed by atoms with van der Waals surface area (Å²) in [5.41, 5.74) is 0.691. The lowest BCUT2D eigenvalue weighted by molar-refractivity contribution is 0.0522. The van der Waals surface area contributed by atoms with Gasteiger partial charge in [-0.1, -0.05) is 0 Å². The van der Waals surface area contributed by atoms with Gasteiger partial charge in [0.15, 0.2) is 0 Å². The fourth-order valence-electron chi connectivity index (χ4n) is 1.02. The maximum absolute atomic E-state index is 11.4. The van der Waals surface area contributed by atoms with Gasteiger partial charge in [0, 0.05) is 9.37 Å². The molecule has 0 fully saturated rings. The first kappa shape index (κ1) is 12.1. The molecule has 0 saturated carbocycles. The van der Waals surface area contributed by atoms with Gasteiger partial charge in [0.1, 0.15) is 6.07 Å². The van der Waals surface area contributed by atoms with Gasteiger partial charge in [0.05, 0.1) is 17.7 Å². The van der Waals surface area contributed by atoms with E-state index in [0.717, 1.165) is 0 Å². The van der Waals surface area contributed by atoms with E-state index in [1.807, 2.05) is 6.07 Å². The first-order valence-electron chi connectivity index (χ1n) is 4.19. The Morgan fingerprint density at radius 1 is 1.67 bits per heavy atom. The summed E-state index contributed by atoms with van der Waals surface area (Å²) in [6, 6.07) is 5.04. The van der Waals surface area contributed by atoms with E-state index < -0.39 is 5.97 Å². The summed E-state index contributed by atoms with van der Waals surface area (Å²) in [5, 5.41) is 8.79. The van der Waals surface area contributed by atoms with E-state index in [0.29, 0.717) is 27.1 Å². The van der Waals surface area contributed by atoms with Crippen LogP contribution in [-0.4, -0.2) is 12.6 Å². The SMILES string of the molecule is CCOC(=O)c1cc(C#N)c(Br)cc1S. The molecule has 15 heavy (non-hydrogen) atoms. The molecule has 0 saturated heterocycles. The predicted molar refractivity (Wildman–Crippen MR) is 62.1 cm³/mol. The molecule has 0 aliphatic heterocycles. The third-order valence-electron chi connectivity index (χ3n) is 1.70. The second-order valence-corrected chi connectivity index (χ2v) is 4.02. The molecule has 0 unspecified atom stereocenters. The van der Waals surface area contributed by atoms with Gasteiger partial charge < -0.3 is 4.74 Å². The van der Waals surface area contributed by atoms with Gasteiger partial charge in [0.2, 0.25) is 0 Å². The molecule has 0 aromatic heterocycles. The third-order valence-corrected chi connectivity index (χ3v) is 2.73. The van der Waals surface area contributed by atoms with Crippen molar-refractivity contribution >= 4 is 34.5 Å². The van der Waals surface area contributed by atoms with Crippen molar-refractivity contribution in [3.05, 3.63) is 27.7 Å². The van der Waals surface area contributed by atoms with Crippen molar-refractivity contribution in [2.45, 2.75) is 11.8 Å². The van der Waals surface area contributed by atoms with Crippen molar-refractivity contribution in [1.82, 2.24) is 0 Å². The van der Waals surface area contributed by atoms with Crippen molar-refractivity contribution in [2.75, 3.05) is 6.61 Å². The van der Waals surface area contributed by atoms with E-state index in [1.165, 1.54) is 6.07 Å². The smallest absolute Gasteiger partial charge is 0.339 e.